The molecule has 2 heterocycles. The molecule has 0 amide bonds. The molecular weight excluding hydrogens is 240 g/mol. The van der Waals surface area contributed by atoms with E-state index < -0.39 is 0 Å². The summed E-state index contributed by atoms with van der Waals surface area (Å²) in [5, 5.41) is 9.49. The molecule has 0 radical (unpaired) electrons. The smallest absolute Gasteiger partial charge is 0.135 e. The quantitative estimate of drug-likeness (QED) is 0.781. The Bertz CT molecular complexity index is 719. The van der Waals surface area contributed by atoms with Crippen LogP contribution in [0.15, 0.2) is 48.8 Å². The second-order valence-corrected chi connectivity index (χ2v) is 4.38. The van der Waals surface area contributed by atoms with Crippen molar-refractivity contribution < 1.29 is 9.84 Å². The van der Waals surface area contributed by atoms with Crippen molar-refractivity contribution in [2.24, 2.45) is 0 Å². The van der Waals surface area contributed by atoms with Crippen LogP contribution in [-0.2, 0) is 6.42 Å². The van der Waals surface area contributed by atoms with Crippen LogP contribution in [0.5, 0.6) is 11.5 Å². The number of ether oxygens (including phenoxy) is 1. The van der Waals surface area contributed by atoms with Crippen LogP contribution in [0, 0.1) is 0 Å². The molecule has 0 aliphatic rings. The molecule has 1 N–H and O–H groups in total. The number of rotatable bonds is 3. The van der Waals surface area contributed by atoms with Gasteiger partial charge in [0.05, 0.1) is 25.0 Å². The SMILES string of the molecule is COc1ccc2cnc(Cc3cccc(O)c3)n2c1. The van der Waals surface area contributed by atoms with E-state index in [9.17, 15) is 5.11 Å². The molecule has 2 aromatic heterocycles. The number of hydrogen-bond donors (Lipinski definition) is 1. The maximum atomic E-state index is 9.49. The lowest BCUT2D eigenvalue weighted by atomic mass is 10.1. The van der Waals surface area contributed by atoms with E-state index in [0.717, 1.165) is 22.7 Å². The standard InChI is InChI=1S/C15H14N2O2/c1-19-14-6-5-12-9-16-15(17(12)10-14)8-11-3-2-4-13(18)7-11/h2-7,9-10,18H,8H2,1H3. The van der Waals surface area contributed by atoms with Crippen molar-refractivity contribution in [3.8, 4) is 11.5 Å². The van der Waals surface area contributed by atoms with E-state index in [4.69, 9.17) is 4.74 Å². The van der Waals surface area contributed by atoms with Gasteiger partial charge in [0.1, 0.15) is 17.3 Å². The molecule has 3 rings (SSSR count). The minimum Gasteiger partial charge on any atom is -0.508 e. The average Bonchev–Trinajstić information content (AvgIpc) is 2.81. The van der Waals surface area contributed by atoms with Gasteiger partial charge < -0.3 is 9.84 Å². The molecule has 3 aromatic rings. The number of phenols is 1. The summed E-state index contributed by atoms with van der Waals surface area (Å²) in [5.41, 5.74) is 2.05. The fraction of sp³-hybridized carbons (Fsp3) is 0.133. The minimum atomic E-state index is 0.274. The van der Waals surface area contributed by atoms with Crippen molar-refractivity contribution in [3.63, 3.8) is 0 Å². The van der Waals surface area contributed by atoms with Gasteiger partial charge >= 0.3 is 0 Å². The predicted octanol–water partition coefficient (Wildman–Crippen LogP) is 2.64. The molecule has 4 heteroatoms. The van der Waals surface area contributed by atoms with Gasteiger partial charge in [-0.15, -0.1) is 0 Å². The van der Waals surface area contributed by atoms with Crippen LogP contribution in [0.3, 0.4) is 0 Å². The monoisotopic (exact) mass is 254 g/mol. The van der Waals surface area contributed by atoms with Crippen LogP contribution >= 0.6 is 0 Å². The predicted molar refractivity (Wildman–Crippen MR) is 72.7 cm³/mol. The second kappa shape index (κ2) is 4.65. The first-order chi connectivity index (χ1) is 9.26. The van der Waals surface area contributed by atoms with Crippen LogP contribution in [0.1, 0.15) is 11.4 Å². The summed E-state index contributed by atoms with van der Waals surface area (Å²) in [6, 6.07) is 11.1. The number of pyridine rings is 1. The van der Waals surface area contributed by atoms with Crippen molar-refractivity contribution in [2.45, 2.75) is 6.42 Å². The Morgan fingerprint density at radius 3 is 2.95 bits per heavy atom. The first-order valence-corrected chi connectivity index (χ1v) is 6.04. The highest BCUT2D eigenvalue weighted by Gasteiger charge is 2.06. The number of aromatic hydroxyl groups is 1. The molecule has 0 saturated heterocycles. The fourth-order valence-electron chi connectivity index (χ4n) is 2.12. The molecule has 1 aromatic carbocycles. The molecule has 0 unspecified atom stereocenters. The summed E-state index contributed by atoms with van der Waals surface area (Å²) in [6.07, 6.45) is 4.41. The third kappa shape index (κ3) is 2.25. The summed E-state index contributed by atoms with van der Waals surface area (Å²) >= 11 is 0. The van der Waals surface area contributed by atoms with Gasteiger partial charge in [0, 0.05) is 6.42 Å². The maximum absolute atomic E-state index is 9.49. The summed E-state index contributed by atoms with van der Waals surface area (Å²) in [6.45, 7) is 0. The first-order valence-electron chi connectivity index (χ1n) is 6.04. The molecule has 0 bridgehead atoms. The highest BCUT2D eigenvalue weighted by Crippen LogP contribution is 2.18. The van der Waals surface area contributed by atoms with Gasteiger partial charge in [-0.05, 0) is 29.8 Å². The number of phenolic OH excluding ortho intramolecular Hbond substituents is 1. The van der Waals surface area contributed by atoms with Crippen LogP contribution < -0.4 is 4.74 Å². The first kappa shape index (κ1) is 11.6. The van der Waals surface area contributed by atoms with Gasteiger partial charge in [0.25, 0.3) is 0 Å². The van der Waals surface area contributed by atoms with E-state index in [1.807, 2.05) is 41.1 Å². The number of fused-ring (bicyclic) bond motifs is 1. The lowest BCUT2D eigenvalue weighted by Gasteiger charge is -2.05. The third-order valence-electron chi connectivity index (χ3n) is 3.09. The molecule has 0 aliphatic carbocycles. The highest BCUT2D eigenvalue weighted by molar-refractivity contribution is 5.48. The Labute approximate surface area is 110 Å². The highest BCUT2D eigenvalue weighted by atomic mass is 16.5. The van der Waals surface area contributed by atoms with Crippen LogP contribution in [0.4, 0.5) is 0 Å². The van der Waals surface area contributed by atoms with Gasteiger partial charge in [0.15, 0.2) is 0 Å². The largest absolute Gasteiger partial charge is 0.508 e. The summed E-state index contributed by atoms with van der Waals surface area (Å²) in [5.74, 6) is 1.98. The summed E-state index contributed by atoms with van der Waals surface area (Å²) in [4.78, 5) is 4.42. The summed E-state index contributed by atoms with van der Waals surface area (Å²) in [7, 11) is 1.65. The van der Waals surface area contributed by atoms with E-state index in [2.05, 4.69) is 4.98 Å². The Hall–Kier alpha value is -2.49. The number of imidazole rings is 1. The minimum absolute atomic E-state index is 0.274. The van der Waals surface area contributed by atoms with Crippen LogP contribution in [0.2, 0.25) is 0 Å². The summed E-state index contributed by atoms with van der Waals surface area (Å²) < 4.78 is 7.23. The van der Waals surface area contributed by atoms with E-state index in [0.29, 0.717) is 6.42 Å². The fourth-order valence-corrected chi connectivity index (χ4v) is 2.12. The molecule has 4 nitrogen and oxygen atoms in total. The zero-order chi connectivity index (χ0) is 13.2. The van der Waals surface area contributed by atoms with Gasteiger partial charge in [-0.1, -0.05) is 12.1 Å². The van der Waals surface area contributed by atoms with Gasteiger partial charge in [0.2, 0.25) is 0 Å². The third-order valence-corrected chi connectivity index (χ3v) is 3.09. The molecule has 0 aliphatic heterocycles. The van der Waals surface area contributed by atoms with E-state index in [1.165, 1.54) is 0 Å². The number of nitrogens with zero attached hydrogens (tertiary/aromatic N) is 2. The molecule has 96 valence electrons. The van der Waals surface area contributed by atoms with E-state index in [1.54, 1.807) is 19.2 Å². The Kier molecular flexibility index (Phi) is 2.83. The number of hydrogen-bond acceptors (Lipinski definition) is 3. The van der Waals surface area contributed by atoms with Crippen molar-refractivity contribution in [3.05, 3.63) is 60.2 Å². The number of benzene rings is 1. The van der Waals surface area contributed by atoms with Crippen molar-refractivity contribution in [1.29, 1.82) is 0 Å². The molecule has 19 heavy (non-hydrogen) atoms. The van der Waals surface area contributed by atoms with Gasteiger partial charge in [-0.2, -0.15) is 0 Å². The lowest BCUT2D eigenvalue weighted by Crippen LogP contribution is -1.97. The normalized spacial score (nSPS) is 10.8. The second-order valence-electron chi connectivity index (χ2n) is 4.38. The Morgan fingerprint density at radius 2 is 2.16 bits per heavy atom. The zero-order valence-electron chi connectivity index (χ0n) is 10.6. The molecule has 0 spiro atoms. The Balaban J connectivity index is 2.00. The van der Waals surface area contributed by atoms with Crippen LogP contribution in [0.25, 0.3) is 5.52 Å². The molecule has 0 fully saturated rings. The van der Waals surface area contributed by atoms with Crippen molar-refractivity contribution in [2.75, 3.05) is 7.11 Å². The topological polar surface area (TPSA) is 46.8 Å². The van der Waals surface area contributed by atoms with Crippen molar-refractivity contribution in [1.82, 2.24) is 9.38 Å². The molecule has 0 atom stereocenters. The molecule has 0 saturated carbocycles. The number of methoxy groups -OCH3 is 1. The Morgan fingerprint density at radius 1 is 1.26 bits per heavy atom. The lowest BCUT2D eigenvalue weighted by molar-refractivity contribution is 0.412. The van der Waals surface area contributed by atoms with E-state index >= 15 is 0 Å². The van der Waals surface area contributed by atoms with Crippen LogP contribution in [-0.4, -0.2) is 21.6 Å². The van der Waals surface area contributed by atoms with Gasteiger partial charge in [-0.3, -0.25) is 4.40 Å². The van der Waals surface area contributed by atoms with Crippen molar-refractivity contribution >= 4 is 5.52 Å². The average molecular weight is 254 g/mol. The zero-order valence-corrected chi connectivity index (χ0v) is 10.6. The van der Waals surface area contributed by atoms with E-state index in [-0.39, 0.29) is 5.75 Å². The number of aromatic nitrogens is 2. The molecular formula is C15H14N2O2. The van der Waals surface area contributed by atoms with Gasteiger partial charge in [-0.25, -0.2) is 4.98 Å². The maximum Gasteiger partial charge on any atom is 0.135 e.